The van der Waals surface area contributed by atoms with E-state index in [4.69, 9.17) is 28.3 Å². The van der Waals surface area contributed by atoms with Gasteiger partial charge in [-0.15, -0.1) is 11.3 Å². The number of aromatic nitrogens is 1. The summed E-state index contributed by atoms with van der Waals surface area (Å²) in [6.45, 7) is 0. The van der Waals surface area contributed by atoms with Crippen LogP contribution in [0.3, 0.4) is 0 Å². The molecule has 0 radical (unpaired) electrons. The first-order valence-corrected chi connectivity index (χ1v) is 6.55. The molecular formula is C11H6Cl2N2O3S. The third kappa shape index (κ3) is 3.04. The molecule has 1 amide bonds. The van der Waals surface area contributed by atoms with Gasteiger partial charge in [-0.2, -0.15) is 0 Å². The van der Waals surface area contributed by atoms with Gasteiger partial charge in [-0.1, -0.05) is 23.2 Å². The molecule has 0 saturated heterocycles. The van der Waals surface area contributed by atoms with E-state index >= 15 is 0 Å². The highest BCUT2D eigenvalue weighted by Gasteiger charge is 2.18. The second-order valence-corrected chi connectivity index (χ2v) is 5.17. The maximum atomic E-state index is 11.9. The summed E-state index contributed by atoms with van der Waals surface area (Å²) in [7, 11) is 0. The number of nitrogens with zero attached hydrogens (tertiary/aromatic N) is 1. The van der Waals surface area contributed by atoms with Gasteiger partial charge in [0.2, 0.25) is 0 Å². The highest BCUT2D eigenvalue weighted by Crippen LogP contribution is 2.30. The summed E-state index contributed by atoms with van der Waals surface area (Å²) in [5, 5.41) is 11.8. The van der Waals surface area contributed by atoms with Crippen molar-refractivity contribution < 1.29 is 14.7 Å². The molecule has 0 saturated carbocycles. The SMILES string of the molecule is O=C(Nc1c(Cl)cc(Cl)cc1C(=O)O)c1cncs1. The van der Waals surface area contributed by atoms with Crippen molar-refractivity contribution in [2.24, 2.45) is 0 Å². The van der Waals surface area contributed by atoms with Crippen LogP contribution in [0, 0.1) is 0 Å². The second-order valence-electron chi connectivity index (χ2n) is 3.44. The Hall–Kier alpha value is -1.63. The zero-order chi connectivity index (χ0) is 14.0. The Bertz CT molecular complexity index is 644. The maximum absolute atomic E-state index is 11.9. The number of carboxylic acids is 1. The lowest BCUT2D eigenvalue weighted by Gasteiger charge is -2.10. The lowest BCUT2D eigenvalue weighted by molar-refractivity contribution is 0.0698. The van der Waals surface area contributed by atoms with Crippen LogP contribution in [0.1, 0.15) is 20.0 Å². The van der Waals surface area contributed by atoms with Gasteiger partial charge >= 0.3 is 5.97 Å². The van der Waals surface area contributed by atoms with Gasteiger partial charge in [0, 0.05) is 5.02 Å². The fraction of sp³-hybridized carbons (Fsp3) is 0. The number of hydrogen-bond donors (Lipinski definition) is 2. The lowest BCUT2D eigenvalue weighted by Crippen LogP contribution is -2.14. The van der Waals surface area contributed by atoms with Crippen LogP contribution in [0.2, 0.25) is 10.0 Å². The van der Waals surface area contributed by atoms with Crippen molar-refractivity contribution in [1.82, 2.24) is 4.98 Å². The first-order chi connectivity index (χ1) is 8.99. The molecule has 1 heterocycles. The Morgan fingerprint density at radius 2 is 2.05 bits per heavy atom. The van der Waals surface area contributed by atoms with Crippen molar-refractivity contribution in [3.63, 3.8) is 0 Å². The van der Waals surface area contributed by atoms with Gasteiger partial charge in [-0.25, -0.2) is 4.79 Å². The quantitative estimate of drug-likeness (QED) is 0.909. The van der Waals surface area contributed by atoms with Crippen molar-refractivity contribution in [1.29, 1.82) is 0 Å². The fourth-order valence-corrected chi connectivity index (χ4v) is 2.43. The summed E-state index contributed by atoms with van der Waals surface area (Å²) in [6, 6.07) is 2.58. The molecule has 0 atom stereocenters. The van der Waals surface area contributed by atoms with Crippen molar-refractivity contribution in [3.05, 3.63) is 44.3 Å². The summed E-state index contributed by atoms with van der Waals surface area (Å²) < 4.78 is 0. The number of thiazole rings is 1. The molecule has 0 spiro atoms. The number of aromatic carboxylic acids is 1. The molecule has 0 aliphatic heterocycles. The number of nitrogens with one attached hydrogen (secondary N) is 1. The molecule has 0 aliphatic carbocycles. The summed E-state index contributed by atoms with van der Waals surface area (Å²) in [6.07, 6.45) is 1.38. The van der Waals surface area contributed by atoms with Gasteiger partial charge in [0.15, 0.2) is 0 Å². The van der Waals surface area contributed by atoms with Crippen LogP contribution in [0.4, 0.5) is 5.69 Å². The van der Waals surface area contributed by atoms with E-state index in [1.54, 1.807) is 0 Å². The van der Waals surface area contributed by atoms with E-state index in [1.165, 1.54) is 23.8 Å². The monoisotopic (exact) mass is 316 g/mol. The van der Waals surface area contributed by atoms with Crippen LogP contribution in [-0.2, 0) is 0 Å². The molecule has 98 valence electrons. The molecule has 1 aromatic heterocycles. The molecule has 19 heavy (non-hydrogen) atoms. The number of amides is 1. The van der Waals surface area contributed by atoms with Crippen LogP contribution in [0.15, 0.2) is 23.8 Å². The topological polar surface area (TPSA) is 79.3 Å². The van der Waals surface area contributed by atoms with Gasteiger partial charge < -0.3 is 10.4 Å². The minimum Gasteiger partial charge on any atom is -0.478 e. The number of halogens is 2. The Morgan fingerprint density at radius 3 is 2.63 bits per heavy atom. The summed E-state index contributed by atoms with van der Waals surface area (Å²) >= 11 is 12.8. The van der Waals surface area contributed by atoms with Crippen molar-refractivity contribution in [2.45, 2.75) is 0 Å². The molecule has 0 aliphatic rings. The van der Waals surface area contributed by atoms with Gasteiger partial charge in [0.05, 0.1) is 28.0 Å². The average Bonchev–Trinajstić information content (AvgIpc) is 2.85. The van der Waals surface area contributed by atoms with E-state index in [2.05, 4.69) is 10.3 Å². The van der Waals surface area contributed by atoms with Crippen molar-refractivity contribution in [2.75, 3.05) is 5.32 Å². The smallest absolute Gasteiger partial charge is 0.337 e. The molecule has 2 N–H and O–H groups in total. The third-order valence-corrected chi connectivity index (χ3v) is 3.47. The molecule has 1 aromatic carbocycles. The highest BCUT2D eigenvalue weighted by molar-refractivity contribution is 7.11. The van der Waals surface area contributed by atoms with Gasteiger partial charge in [0.25, 0.3) is 5.91 Å². The number of anilines is 1. The minimum absolute atomic E-state index is 0.0111. The van der Waals surface area contributed by atoms with E-state index < -0.39 is 11.9 Å². The number of carbonyl (C=O) groups is 2. The lowest BCUT2D eigenvalue weighted by atomic mass is 10.1. The van der Waals surface area contributed by atoms with Crippen molar-refractivity contribution >= 4 is 52.1 Å². The normalized spacial score (nSPS) is 10.2. The number of benzene rings is 1. The van der Waals surface area contributed by atoms with Gasteiger partial charge in [-0.05, 0) is 12.1 Å². The molecule has 0 unspecified atom stereocenters. The number of carboxylic acid groups (broad SMARTS) is 1. The first-order valence-electron chi connectivity index (χ1n) is 4.91. The predicted octanol–water partition coefficient (Wildman–Crippen LogP) is 3.40. The highest BCUT2D eigenvalue weighted by atomic mass is 35.5. The fourth-order valence-electron chi connectivity index (χ4n) is 1.37. The molecular weight excluding hydrogens is 311 g/mol. The number of hydrogen-bond acceptors (Lipinski definition) is 4. The third-order valence-electron chi connectivity index (χ3n) is 2.18. The first kappa shape index (κ1) is 13.8. The Morgan fingerprint density at radius 1 is 1.32 bits per heavy atom. The largest absolute Gasteiger partial charge is 0.478 e. The average molecular weight is 317 g/mol. The van der Waals surface area contributed by atoms with E-state index in [1.807, 2.05) is 0 Å². The molecule has 8 heteroatoms. The molecule has 2 aromatic rings. The molecule has 0 bridgehead atoms. The number of rotatable bonds is 3. The molecule has 2 rings (SSSR count). The predicted molar refractivity (Wildman–Crippen MR) is 73.5 cm³/mol. The Labute approximate surface area is 121 Å². The van der Waals surface area contributed by atoms with Crippen LogP contribution in [0.5, 0.6) is 0 Å². The van der Waals surface area contributed by atoms with Crippen LogP contribution in [0.25, 0.3) is 0 Å². The van der Waals surface area contributed by atoms with Gasteiger partial charge in [0.1, 0.15) is 4.88 Å². The summed E-state index contributed by atoms with van der Waals surface area (Å²) in [4.78, 5) is 27.1. The van der Waals surface area contributed by atoms with E-state index in [0.717, 1.165) is 11.3 Å². The Balaban J connectivity index is 2.39. The van der Waals surface area contributed by atoms with Crippen molar-refractivity contribution in [3.8, 4) is 0 Å². The van der Waals surface area contributed by atoms with Crippen LogP contribution >= 0.6 is 34.5 Å². The van der Waals surface area contributed by atoms with E-state index in [9.17, 15) is 9.59 Å². The number of carbonyl (C=O) groups excluding carboxylic acids is 1. The zero-order valence-electron chi connectivity index (χ0n) is 9.18. The van der Waals surface area contributed by atoms with E-state index in [0.29, 0.717) is 4.88 Å². The molecule has 5 nitrogen and oxygen atoms in total. The summed E-state index contributed by atoms with van der Waals surface area (Å²) in [5.41, 5.74) is 1.34. The Kier molecular flexibility index (Phi) is 4.04. The maximum Gasteiger partial charge on any atom is 0.337 e. The minimum atomic E-state index is -1.23. The standard InChI is InChI=1S/C11H6Cl2N2O3S/c12-5-1-6(11(17)18)9(7(13)2-5)15-10(16)8-3-14-4-19-8/h1-4H,(H,15,16)(H,17,18). The van der Waals surface area contributed by atoms with Gasteiger partial charge in [-0.3, -0.25) is 9.78 Å². The zero-order valence-corrected chi connectivity index (χ0v) is 11.5. The molecule has 0 fully saturated rings. The van der Waals surface area contributed by atoms with Crippen LogP contribution < -0.4 is 5.32 Å². The van der Waals surface area contributed by atoms with E-state index in [-0.39, 0.29) is 21.3 Å². The second kappa shape index (κ2) is 5.56. The van der Waals surface area contributed by atoms with Crippen LogP contribution in [-0.4, -0.2) is 22.0 Å². The summed E-state index contributed by atoms with van der Waals surface area (Å²) in [5.74, 6) is -1.71.